The molecule has 1 aliphatic heterocycles. The zero-order valence-corrected chi connectivity index (χ0v) is 14.9. The van der Waals surface area contributed by atoms with Gasteiger partial charge in [-0.2, -0.15) is 0 Å². The van der Waals surface area contributed by atoms with Crippen molar-refractivity contribution < 1.29 is 4.79 Å². The molecule has 3 nitrogen and oxygen atoms in total. The van der Waals surface area contributed by atoms with E-state index in [-0.39, 0.29) is 5.78 Å². The molecule has 2 aromatic carbocycles. The number of carbonyl (C=O) groups is 1. The van der Waals surface area contributed by atoms with Crippen molar-refractivity contribution >= 4 is 29.0 Å². The van der Waals surface area contributed by atoms with Gasteiger partial charge in [0.15, 0.2) is 5.78 Å². The molecular weight excluding hydrogens is 343 g/mol. The minimum absolute atomic E-state index is 0.188. The Morgan fingerprint density at radius 1 is 0.875 bits per heavy atom. The SMILES string of the molecule is O=C(CN1CCN(Cc2ccc(Cl)c(Cl)c2)CC1)c1ccccc1. The van der Waals surface area contributed by atoms with Crippen LogP contribution in [0.25, 0.3) is 0 Å². The topological polar surface area (TPSA) is 23.6 Å². The van der Waals surface area contributed by atoms with Crippen LogP contribution in [0, 0.1) is 0 Å². The van der Waals surface area contributed by atoms with Gasteiger partial charge in [-0.15, -0.1) is 0 Å². The fraction of sp³-hybridized carbons (Fsp3) is 0.316. The molecule has 0 aliphatic carbocycles. The van der Waals surface area contributed by atoms with Crippen LogP contribution >= 0.6 is 23.2 Å². The molecule has 0 saturated carbocycles. The molecule has 5 heteroatoms. The predicted molar refractivity (Wildman–Crippen MR) is 99.0 cm³/mol. The second-order valence-electron chi connectivity index (χ2n) is 6.09. The average molecular weight is 363 g/mol. The van der Waals surface area contributed by atoms with Crippen molar-refractivity contribution in [3.05, 3.63) is 69.7 Å². The maximum atomic E-state index is 12.3. The molecule has 126 valence electrons. The molecule has 0 radical (unpaired) electrons. The number of rotatable bonds is 5. The van der Waals surface area contributed by atoms with Crippen molar-refractivity contribution in [3.8, 4) is 0 Å². The number of hydrogen-bond donors (Lipinski definition) is 0. The first-order valence-electron chi connectivity index (χ1n) is 8.09. The molecular formula is C19H20Cl2N2O. The first kappa shape index (κ1) is 17.4. The Morgan fingerprint density at radius 3 is 2.21 bits per heavy atom. The van der Waals surface area contributed by atoms with Gasteiger partial charge in [0.2, 0.25) is 0 Å². The number of ketones is 1. The highest BCUT2D eigenvalue weighted by Crippen LogP contribution is 2.23. The summed E-state index contributed by atoms with van der Waals surface area (Å²) in [7, 11) is 0. The van der Waals surface area contributed by atoms with Gasteiger partial charge in [0.05, 0.1) is 16.6 Å². The molecule has 2 aromatic rings. The van der Waals surface area contributed by atoms with E-state index in [2.05, 4.69) is 9.80 Å². The third-order valence-corrected chi connectivity index (χ3v) is 5.06. The van der Waals surface area contributed by atoms with E-state index >= 15 is 0 Å². The monoisotopic (exact) mass is 362 g/mol. The van der Waals surface area contributed by atoms with E-state index in [1.54, 1.807) is 0 Å². The Kier molecular flexibility index (Phi) is 5.90. The van der Waals surface area contributed by atoms with Gasteiger partial charge in [-0.3, -0.25) is 14.6 Å². The largest absolute Gasteiger partial charge is 0.297 e. The van der Waals surface area contributed by atoms with E-state index < -0.39 is 0 Å². The molecule has 0 atom stereocenters. The van der Waals surface area contributed by atoms with Crippen LogP contribution in [0.3, 0.4) is 0 Å². The lowest BCUT2D eigenvalue weighted by Crippen LogP contribution is -2.47. The summed E-state index contributed by atoms with van der Waals surface area (Å²) < 4.78 is 0. The Bertz CT molecular complexity index is 698. The standard InChI is InChI=1S/C19H20Cl2N2O/c20-17-7-6-15(12-18(17)21)13-22-8-10-23(11-9-22)14-19(24)16-4-2-1-3-5-16/h1-7,12H,8-11,13-14H2. The maximum absolute atomic E-state index is 12.3. The van der Waals surface area contributed by atoms with Gasteiger partial charge in [0, 0.05) is 38.3 Å². The third kappa shape index (κ3) is 4.58. The highest BCUT2D eigenvalue weighted by Gasteiger charge is 2.19. The summed E-state index contributed by atoms with van der Waals surface area (Å²) in [5.41, 5.74) is 1.95. The lowest BCUT2D eigenvalue weighted by molar-refractivity contribution is 0.0844. The summed E-state index contributed by atoms with van der Waals surface area (Å²) in [6.45, 7) is 5.05. The van der Waals surface area contributed by atoms with Crippen LogP contribution in [0.5, 0.6) is 0 Å². The maximum Gasteiger partial charge on any atom is 0.176 e. The molecule has 1 fully saturated rings. The zero-order chi connectivity index (χ0) is 16.9. The summed E-state index contributed by atoms with van der Waals surface area (Å²) in [5.74, 6) is 0.188. The van der Waals surface area contributed by atoms with Crippen LogP contribution < -0.4 is 0 Å². The van der Waals surface area contributed by atoms with Gasteiger partial charge in [-0.05, 0) is 17.7 Å². The highest BCUT2D eigenvalue weighted by atomic mass is 35.5. The molecule has 0 amide bonds. The first-order valence-corrected chi connectivity index (χ1v) is 8.84. The Labute approximate surface area is 152 Å². The van der Waals surface area contributed by atoms with E-state index in [9.17, 15) is 4.79 Å². The summed E-state index contributed by atoms with van der Waals surface area (Å²) in [5, 5.41) is 1.19. The highest BCUT2D eigenvalue weighted by molar-refractivity contribution is 6.42. The molecule has 0 N–H and O–H groups in total. The molecule has 1 heterocycles. The van der Waals surface area contributed by atoms with Crippen LogP contribution in [0.4, 0.5) is 0 Å². The number of Topliss-reactive ketones (excluding diaryl/α,β-unsaturated/α-hetero) is 1. The van der Waals surface area contributed by atoms with Crippen molar-refractivity contribution in [3.63, 3.8) is 0 Å². The molecule has 1 aliphatic rings. The van der Waals surface area contributed by atoms with E-state index in [1.165, 1.54) is 5.56 Å². The van der Waals surface area contributed by atoms with Gasteiger partial charge in [-0.1, -0.05) is 59.6 Å². The normalized spacial score (nSPS) is 16.2. The van der Waals surface area contributed by atoms with Crippen LogP contribution in [-0.4, -0.2) is 48.3 Å². The number of benzene rings is 2. The molecule has 0 bridgehead atoms. The Hall–Kier alpha value is -1.39. The van der Waals surface area contributed by atoms with Crippen molar-refractivity contribution in [1.82, 2.24) is 9.80 Å². The minimum atomic E-state index is 0.188. The Morgan fingerprint density at radius 2 is 1.54 bits per heavy atom. The smallest absolute Gasteiger partial charge is 0.176 e. The van der Waals surface area contributed by atoms with Gasteiger partial charge in [0.1, 0.15) is 0 Å². The quantitative estimate of drug-likeness (QED) is 0.751. The number of halogens is 2. The number of piperazine rings is 1. The fourth-order valence-corrected chi connectivity index (χ4v) is 3.24. The number of hydrogen-bond acceptors (Lipinski definition) is 3. The molecule has 24 heavy (non-hydrogen) atoms. The second-order valence-corrected chi connectivity index (χ2v) is 6.90. The number of nitrogens with zero attached hydrogens (tertiary/aromatic N) is 2. The van der Waals surface area contributed by atoms with E-state index in [4.69, 9.17) is 23.2 Å². The summed E-state index contributed by atoms with van der Waals surface area (Å²) >= 11 is 12.0. The Balaban J connectivity index is 1.49. The van der Waals surface area contributed by atoms with Crippen molar-refractivity contribution in [2.24, 2.45) is 0 Å². The summed E-state index contributed by atoms with van der Waals surface area (Å²) in [6, 6.07) is 15.3. The van der Waals surface area contributed by atoms with Gasteiger partial charge < -0.3 is 0 Å². The summed E-state index contributed by atoms with van der Waals surface area (Å²) in [6.07, 6.45) is 0. The molecule has 0 unspecified atom stereocenters. The van der Waals surface area contributed by atoms with Gasteiger partial charge in [0.25, 0.3) is 0 Å². The zero-order valence-electron chi connectivity index (χ0n) is 13.4. The lowest BCUT2D eigenvalue weighted by atomic mass is 10.1. The lowest BCUT2D eigenvalue weighted by Gasteiger charge is -2.34. The second kappa shape index (κ2) is 8.13. The van der Waals surface area contributed by atoms with Crippen LogP contribution in [0.15, 0.2) is 48.5 Å². The van der Waals surface area contributed by atoms with Crippen molar-refractivity contribution in [1.29, 1.82) is 0 Å². The average Bonchev–Trinajstić information content (AvgIpc) is 2.61. The third-order valence-electron chi connectivity index (χ3n) is 4.32. The number of carbonyl (C=O) groups excluding carboxylic acids is 1. The van der Waals surface area contributed by atoms with Gasteiger partial charge >= 0.3 is 0 Å². The van der Waals surface area contributed by atoms with Crippen molar-refractivity contribution in [2.75, 3.05) is 32.7 Å². The van der Waals surface area contributed by atoms with Gasteiger partial charge in [-0.25, -0.2) is 0 Å². The molecule has 0 aromatic heterocycles. The van der Waals surface area contributed by atoms with Crippen LogP contribution in [-0.2, 0) is 6.54 Å². The van der Waals surface area contributed by atoms with Crippen LogP contribution in [0.1, 0.15) is 15.9 Å². The first-order chi connectivity index (χ1) is 11.6. The predicted octanol–water partition coefficient (Wildman–Crippen LogP) is 3.99. The van der Waals surface area contributed by atoms with Crippen molar-refractivity contribution in [2.45, 2.75) is 6.54 Å². The van der Waals surface area contributed by atoms with E-state index in [1.807, 2.05) is 48.5 Å². The summed E-state index contributed by atoms with van der Waals surface area (Å²) in [4.78, 5) is 16.9. The fourth-order valence-electron chi connectivity index (χ4n) is 2.92. The molecule has 0 spiro atoms. The molecule has 1 saturated heterocycles. The minimum Gasteiger partial charge on any atom is -0.297 e. The van der Waals surface area contributed by atoms with E-state index in [0.29, 0.717) is 16.6 Å². The molecule has 3 rings (SSSR count). The van der Waals surface area contributed by atoms with Crippen LogP contribution in [0.2, 0.25) is 10.0 Å². The van der Waals surface area contributed by atoms with E-state index in [0.717, 1.165) is 38.3 Å².